The van der Waals surface area contributed by atoms with E-state index in [-0.39, 0.29) is 12.2 Å². The standard InChI is InChI=1S/C12H16N2O2/c1-12(2)15-10-6-4-7(11(10)16-12)9-8(6)5-14(3)13-9/h5-7,10-11H,4H2,1-3H3/t6-,7+,10-,11+/m1/s1. The van der Waals surface area contributed by atoms with Crippen molar-refractivity contribution in [3.8, 4) is 0 Å². The van der Waals surface area contributed by atoms with Gasteiger partial charge in [-0.1, -0.05) is 0 Å². The highest BCUT2D eigenvalue weighted by Crippen LogP contribution is 2.58. The molecule has 0 unspecified atom stereocenters. The van der Waals surface area contributed by atoms with E-state index in [4.69, 9.17) is 9.47 Å². The Morgan fingerprint density at radius 3 is 2.75 bits per heavy atom. The topological polar surface area (TPSA) is 36.3 Å². The quantitative estimate of drug-likeness (QED) is 0.665. The lowest BCUT2D eigenvalue weighted by molar-refractivity contribution is -0.153. The van der Waals surface area contributed by atoms with E-state index in [2.05, 4.69) is 11.3 Å². The molecule has 4 rings (SSSR count). The van der Waals surface area contributed by atoms with Gasteiger partial charge in [0.1, 0.15) is 0 Å². The van der Waals surface area contributed by atoms with E-state index in [0.29, 0.717) is 11.8 Å². The van der Waals surface area contributed by atoms with Gasteiger partial charge in [0.2, 0.25) is 0 Å². The zero-order valence-electron chi connectivity index (χ0n) is 9.80. The van der Waals surface area contributed by atoms with Crippen molar-refractivity contribution in [2.24, 2.45) is 7.05 Å². The maximum absolute atomic E-state index is 6.01. The van der Waals surface area contributed by atoms with Gasteiger partial charge < -0.3 is 9.47 Å². The molecule has 2 aliphatic carbocycles. The minimum Gasteiger partial charge on any atom is -0.344 e. The molecule has 0 aromatic carbocycles. The van der Waals surface area contributed by atoms with E-state index in [9.17, 15) is 0 Å². The summed E-state index contributed by atoms with van der Waals surface area (Å²) in [4.78, 5) is 0. The number of hydrogen-bond acceptors (Lipinski definition) is 3. The Labute approximate surface area is 94.5 Å². The Hall–Kier alpha value is -0.870. The summed E-state index contributed by atoms with van der Waals surface area (Å²) in [5.74, 6) is 0.534. The van der Waals surface area contributed by atoms with Gasteiger partial charge in [-0.3, -0.25) is 4.68 Å². The minimum absolute atomic E-state index is 0.224. The van der Waals surface area contributed by atoms with Gasteiger partial charge in [0, 0.05) is 25.1 Å². The van der Waals surface area contributed by atoms with Crippen LogP contribution in [0.15, 0.2) is 6.20 Å². The summed E-state index contributed by atoms with van der Waals surface area (Å²) in [7, 11) is 1.99. The van der Waals surface area contributed by atoms with Crippen LogP contribution in [0.5, 0.6) is 0 Å². The number of ether oxygens (including phenoxy) is 2. The van der Waals surface area contributed by atoms with Crippen LogP contribution in [0.2, 0.25) is 0 Å². The second-order valence-corrected chi connectivity index (χ2v) is 5.66. The third-order valence-corrected chi connectivity index (χ3v) is 4.10. The molecular weight excluding hydrogens is 204 g/mol. The molecule has 2 bridgehead atoms. The highest BCUT2D eigenvalue weighted by atomic mass is 16.8. The first kappa shape index (κ1) is 9.19. The van der Waals surface area contributed by atoms with Crippen LogP contribution in [0, 0.1) is 0 Å². The van der Waals surface area contributed by atoms with Crippen molar-refractivity contribution in [2.75, 3.05) is 0 Å². The first-order chi connectivity index (χ1) is 7.55. The number of rotatable bonds is 0. The molecule has 1 saturated heterocycles. The van der Waals surface area contributed by atoms with Crippen molar-refractivity contribution >= 4 is 0 Å². The van der Waals surface area contributed by atoms with Crippen LogP contribution >= 0.6 is 0 Å². The van der Waals surface area contributed by atoms with E-state index in [1.54, 1.807) is 0 Å². The molecule has 16 heavy (non-hydrogen) atoms. The Balaban J connectivity index is 1.79. The lowest BCUT2D eigenvalue weighted by Gasteiger charge is -2.20. The fourth-order valence-corrected chi connectivity index (χ4v) is 3.65. The summed E-state index contributed by atoms with van der Waals surface area (Å²) in [6, 6.07) is 0. The average molecular weight is 220 g/mol. The summed E-state index contributed by atoms with van der Waals surface area (Å²) in [6.07, 6.45) is 3.77. The van der Waals surface area contributed by atoms with Gasteiger partial charge in [-0.15, -0.1) is 0 Å². The minimum atomic E-state index is -0.419. The van der Waals surface area contributed by atoms with E-state index >= 15 is 0 Å². The average Bonchev–Trinajstić information content (AvgIpc) is 2.79. The van der Waals surface area contributed by atoms with Crippen LogP contribution in [0.1, 0.15) is 43.4 Å². The number of aryl methyl sites for hydroxylation is 1. The molecule has 0 amide bonds. The highest BCUT2D eigenvalue weighted by molar-refractivity contribution is 5.39. The van der Waals surface area contributed by atoms with E-state index in [1.165, 1.54) is 11.3 Å². The third kappa shape index (κ3) is 0.949. The zero-order valence-corrected chi connectivity index (χ0v) is 9.80. The van der Waals surface area contributed by atoms with Crippen LogP contribution in [-0.2, 0) is 16.5 Å². The molecule has 0 spiro atoms. The van der Waals surface area contributed by atoms with Gasteiger partial charge in [0.25, 0.3) is 0 Å². The SMILES string of the molecule is Cn1cc2c(n1)[C@@H]1C[C@H]2[C@H]2OC(C)(C)O[C@H]21. The second-order valence-electron chi connectivity index (χ2n) is 5.66. The molecule has 1 saturated carbocycles. The smallest absolute Gasteiger partial charge is 0.163 e. The van der Waals surface area contributed by atoms with Gasteiger partial charge >= 0.3 is 0 Å². The Kier molecular flexibility index (Phi) is 1.44. The first-order valence-electron chi connectivity index (χ1n) is 5.94. The summed E-state index contributed by atoms with van der Waals surface area (Å²) >= 11 is 0. The molecule has 1 aliphatic heterocycles. The van der Waals surface area contributed by atoms with Gasteiger partial charge in [0.15, 0.2) is 5.79 Å². The molecule has 2 fully saturated rings. The van der Waals surface area contributed by atoms with Crippen molar-refractivity contribution in [3.63, 3.8) is 0 Å². The number of aromatic nitrogens is 2. The van der Waals surface area contributed by atoms with Crippen LogP contribution in [0.4, 0.5) is 0 Å². The van der Waals surface area contributed by atoms with Gasteiger partial charge in [0.05, 0.1) is 17.9 Å². The molecule has 4 nitrogen and oxygen atoms in total. The number of nitrogens with zero attached hydrogens (tertiary/aromatic N) is 2. The number of hydrogen-bond donors (Lipinski definition) is 0. The lowest BCUT2D eigenvalue weighted by atomic mass is 9.93. The van der Waals surface area contributed by atoms with E-state index < -0.39 is 5.79 Å². The van der Waals surface area contributed by atoms with Crippen LogP contribution in [-0.4, -0.2) is 27.8 Å². The van der Waals surface area contributed by atoms with Crippen LogP contribution < -0.4 is 0 Å². The molecule has 3 aliphatic rings. The summed E-state index contributed by atoms with van der Waals surface area (Å²) in [5, 5.41) is 4.56. The number of fused-ring (bicyclic) bond motifs is 8. The Morgan fingerprint density at radius 2 is 2.00 bits per heavy atom. The zero-order chi connectivity index (χ0) is 11.1. The molecular formula is C12H16N2O2. The first-order valence-corrected chi connectivity index (χ1v) is 5.94. The summed E-state index contributed by atoms with van der Waals surface area (Å²) in [6.45, 7) is 4.01. The predicted octanol–water partition coefficient (Wildman–Crippen LogP) is 1.52. The third-order valence-electron chi connectivity index (χ3n) is 4.10. The van der Waals surface area contributed by atoms with Crippen LogP contribution in [0.25, 0.3) is 0 Å². The molecule has 0 N–H and O–H groups in total. The highest BCUT2D eigenvalue weighted by Gasteiger charge is 2.60. The van der Waals surface area contributed by atoms with Crippen molar-refractivity contribution in [3.05, 3.63) is 17.5 Å². The predicted molar refractivity (Wildman–Crippen MR) is 57.1 cm³/mol. The second kappa shape index (κ2) is 2.51. The summed E-state index contributed by atoms with van der Waals surface area (Å²) in [5.41, 5.74) is 2.63. The Morgan fingerprint density at radius 1 is 1.31 bits per heavy atom. The molecule has 1 aromatic rings. The molecule has 1 aromatic heterocycles. The maximum atomic E-state index is 6.01. The van der Waals surface area contributed by atoms with Crippen molar-refractivity contribution in [1.29, 1.82) is 0 Å². The Bertz CT molecular complexity index is 428. The van der Waals surface area contributed by atoms with Crippen LogP contribution in [0.3, 0.4) is 0 Å². The monoisotopic (exact) mass is 220 g/mol. The molecule has 86 valence electrons. The van der Waals surface area contributed by atoms with Gasteiger partial charge in [-0.2, -0.15) is 5.10 Å². The normalized spacial score (nSPS) is 42.4. The molecule has 0 radical (unpaired) electrons. The molecule has 4 heteroatoms. The molecule has 4 atom stereocenters. The van der Waals surface area contributed by atoms with Crippen molar-refractivity contribution < 1.29 is 9.47 Å². The van der Waals surface area contributed by atoms with E-state index in [0.717, 1.165) is 6.42 Å². The lowest BCUT2D eigenvalue weighted by Crippen LogP contribution is -2.28. The van der Waals surface area contributed by atoms with Gasteiger partial charge in [-0.25, -0.2) is 0 Å². The summed E-state index contributed by atoms with van der Waals surface area (Å²) < 4.78 is 13.9. The fraction of sp³-hybridized carbons (Fsp3) is 0.750. The van der Waals surface area contributed by atoms with Crippen molar-refractivity contribution in [2.45, 2.75) is 50.1 Å². The largest absolute Gasteiger partial charge is 0.344 e. The fourth-order valence-electron chi connectivity index (χ4n) is 3.65. The van der Waals surface area contributed by atoms with E-state index in [1.807, 2.05) is 25.6 Å². The van der Waals surface area contributed by atoms with Crippen molar-refractivity contribution in [1.82, 2.24) is 9.78 Å². The van der Waals surface area contributed by atoms with Gasteiger partial charge in [-0.05, 0) is 25.8 Å². The molecule has 2 heterocycles. The maximum Gasteiger partial charge on any atom is 0.163 e.